The highest BCUT2D eigenvalue weighted by Gasteiger charge is 2.43. The van der Waals surface area contributed by atoms with E-state index >= 15 is 0 Å². The Labute approximate surface area is 120 Å². The van der Waals surface area contributed by atoms with Crippen LogP contribution < -0.4 is 5.32 Å². The Morgan fingerprint density at radius 2 is 2.16 bits per heavy atom. The van der Waals surface area contributed by atoms with Gasteiger partial charge in [0.2, 0.25) is 0 Å². The summed E-state index contributed by atoms with van der Waals surface area (Å²) in [7, 11) is 0. The second-order valence-corrected chi connectivity index (χ2v) is 5.76. The molecule has 19 heavy (non-hydrogen) atoms. The van der Waals surface area contributed by atoms with Gasteiger partial charge >= 0.3 is 0 Å². The summed E-state index contributed by atoms with van der Waals surface area (Å²) in [6.45, 7) is 1.92. The van der Waals surface area contributed by atoms with Gasteiger partial charge in [-0.25, -0.2) is 0 Å². The van der Waals surface area contributed by atoms with E-state index in [1.165, 1.54) is 0 Å². The number of halogens is 1. The van der Waals surface area contributed by atoms with Crippen LogP contribution in [0.15, 0.2) is 30.3 Å². The van der Waals surface area contributed by atoms with Gasteiger partial charge in [-0.05, 0) is 31.9 Å². The number of alkyl halides is 1. The van der Waals surface area contributed by atoms with Crippen molar-refractivity contribution in [2.24, 2.45) is 0 Å². The van der Waals surface area contributed by atoms with Crippen LogP contribution in [0.5, 0.6) is 0 Å². The number of hydrogen-bond acceptors (Lipinski definition) is 2. The third-order valence-corrected chi connectivity index (χ3v) is 4.65. The van der Waals surface area contributed by atoms with E-state index in [0.717, 1.165) is 40.3 Å². The fourth-order valence-electron chi connectivity index (χ4n) is 2.25. The SMILES string of the molecule is Cc1cc(C(=O)NC2(CBr)CC2)c2ccccc2n1. The first-order valence-electron chi connectivity index (χ1n) is 6.38. The maximum Gasteiger partial charge on any atom is 0.252 e. The summed E-state index contributed by atoms with van der Waals surface area (Å²) in [6, 6.07) is 9.63. The zero-order chi connectivity index (χ0) is 13.5. The number of benzene rings is 1. The molecule has 1 saturated carbocycles. The van der Waals surface area contributed by atoms with Gasteiger partial charge in [0, 0.05) is 16.4 Å². The number of carbonyl (C=O) groups is 1. The van der Waals surface area contributed by atoms with Crippen molar-refractivity contribution in [3.8, 4) is 0 Å². The van der Waals surface area contributed by atoms with E-state index in [1.54, 1.807) is 0 Å². The number of carbonyl (C=O) groups excluding carboxylic acids is 1. The van der Waals surface area contributed by atoms with Gasteiger partial charge < -0.3 is 5.32 Å². The molecule has 1 amide bonds. The van der Waals surface area contributed by atoms with Gasteiger partial charge in [-0.1, -0.05) is 34.1 Å². The maximum absolute atomic E-state index is 12.5. The van der Waals surface area contributed by atoms with Gasteiger partial charge in [-0.15, -0.1) is 0 Å². The van der Waals surface area contributed by atoms with E-state index in [4.69, 9.17) is 0 Å². The van der Waals surface area contributed by atoms with E-state index in [-0.39, 0.29) is 11.4 Å². The van der Waals surface area contributed by atoms with Crippen molar-refractivity contribution in [3.05, 3.63) is 41.6 Å². The molecular formula is C15H15BrN2O. The highest BCUT2D eigenvalue weighted by atomic mass is 79.9. The molecule has 1 aliphatic rings. The fourth-order valence-corrected chi connectivity index (χ4v) is 2.95. The summed E-state index contributed by atoms with van der Waals surface area (Å²) in [5.74, 6) is -0.00125. The Hall–Kier alpha value is -1.42. The molecule has 1 fully saturated rings. The lowest BCUT2D eigenvalue weighted by Gasteiger charge is -2.15. The topological polar surface area (TPSA) is 42.0 Å². The molecule has 3 rings (SSSR count). The average Bonchev–Trinajstić information content (AvgIpc) is 3.18. The predicted octanol–water partition coefficient (Wildman–Crippen LogP) is 3.20. The van der Waals surface area contributed by atoms with Crippen LogP contribution in [0.4, 0.5) is 0 Å². The van der Waals surface area contributed by atoms with E-state index in [1.807, 2.05) is 37.3 Å². The van der Waals surface area contributed by atoms with Gasteiger partial charge in [-0.3, -0.25) is 9.78 Å². The standard InChI is InChI=1S/C15H15BrN2O/c1-10-8-12(11-4-2-3-5-13(11)17-10)14(19)18-15(9-16)6-7-15/h2-5,8H,6-7,9H2,1H3,(H,18,19). The molecule has 0 atom stereocenters. The monoisotopic (exact) mass is 318 g/mol. The molecule has 2 aromatic rings. The molecule has 1 aromatic carbocycles. The van der Waals surface area contributed by atoms with Crippen molar-refractivity contribution in [2.75, 3.05) is 5.33 Å². The van der Waals surface area contributed by atoms with Crippen molar-refractivity contribution in [1.29, 1.82) is 0 Å². The van der Waals surface area contributed by atoms with Crippen LogP contribution in [-0.2, 0) is 0 Å². The molecule has 0 bridgehead atoms. The normalized spacial score (nSPS) is 16.3. The Kier molecular flexibility index (Phi) is 3.05. The van der Waals surface area contributed by atoms with Crippen LogP contribution >= 0.6 is 15.9 Å². The number of fused-ring (bicyclic) bond motifs is 1. The summed E-state index contributed by atoms with van der Waals surface area (Å²) in [4.78, 5) is 16.9. The van der Waals surface area contributed by atoms with Gasteiger partial charge in [0.1, 0.15) is 0 Å². The largest absolute Gasteiger partial charge is 0.346 e. The highest BCUT2D eigenvalue weighted by Crippen LogP contribution is 2.37. The Morgan fingerprint density at radius 3 is 2.84 bits per heavy atom. The quantitative estimate of drug-likeness (QED) is 0.883. The molecule has 0 radical (unpaired) electrons. The molecule has 0 unspecified atom stereocenters. The molecule has 1 N–H and O–H groups in total. The van der Waals surface area contributed by atoms with Gasteiger partial charge in [0.25, 0.3) is 5.91 Å². The lowest BCUT2D eigenvalue weighted by molar-refractivity contribution is 0.0938. The summed E-state index contributed by atoms with van der Waals surface area (Å²) in [5.41, 5.74) is 2.43. The smallest absolute Gasteiger partial charge is 0.252 e. The number of nitrogens with one attached hydrogen (secondary N) is 1. The second-order valence-electron chi connectivity index (χ2n) is 5.20. The van der Waals surface area contributed by atoms with Crippen molar-refractivity contribution >= 4 is 32.7 Å². The molecule has 1 heterocycles. The number of hydrogen-bond donors (Lipinski definition) is 1. The van der Waals surface area contributed by atoms with Crippen LogP contribution in [0.25, 0.3) is 10.9 Å². The number of pyridine rings is 1. The van der Waals surface area contributed by atoms with Gasteiger partial charge in [-0.2, -0.15) is 0 Å². The number of aryl methyl sites for hydroxylation is 1. The van der Waals surface area contributed by atoms with E-state index in [0.29, 0.717) is 0 Å². The van der Waals surface area contributed by atoms with Crippen LogP contribution in [0, 0.1) is 6.92 Å². The minimum absolute atomic E-state index is 0.00125. The third kappa shape index (κ3) is 2.37. The van der Waals surface area contributed by atoms with Gasteiger partial charge in [0.15, 0.2) is 0 Å². The van der Waals surface area contributed by atoms with Crippen molar-refractivity contribution < 1.29 is 4.79 Å². The third-order valence-electron chi connectivity index (χ3n) is 3.58. The average molecular weight is 319 g/mol. The predicted molar refractivity (Wildman–Crippen MR) is 79.7 cm³/mol. The number of rotatable bonds is 3. The number of nitrogens with zero attached hydrogens (tertiary/aromatic N) is 1. The molecular weight excluding hydrogens is 304 g/mol. The van der Waals surface area contributed by atoms with E-state index in [2.05, 4.69) is 26.2 Å². The molecule has 3 nitrogen and oxygen atoms in total. The number of amides is 1. The molecule has 1 aliphatic carbocycles. The zero-order valence-electron chi connectivity index (χ0n) is 10.7. The first kappa shape index (κ1) is 12.6. The summed E-state index contributed by atoms with van der Waals surface area (Å²) in [6.07, 6.45) is 2.10. The molecule has 0 spiro atoms. The fraction of sp³-hybridized carbons (Fsp3) is 0.333. The lowest BCUT2D eigenvalue weighted by atomic mass is 10.1. The van der Waals surface area contributed by atoms with Crippen molar-refractivity contribution in [3.63, 3.8) is 0 Å². The minimum atomic E-state index is -0.0324. The highest BCUT2D eigenvalue weighted by molar-refractivity contribution is 9.09. The molecule has 4 heteroatoms. The Balaban J connectivity index is 2.02. The van der Waals surface area contributed by atoms with Crippen LogP contribution in [-0.4, -0.2) is 21.8 Å². The second kappa shape index (κ2) is 4.60. The Bertz CT molecular complexity index is 650. The van der Waals surface area contributed by atoms with Crippen molar-refractivity contribution in [2.45, 2.75) is 25.3 Å². The van der Waals surface area contributed by atoms with Crippen LogP contribution in [0.2, 0.25) is 0 Å². The molecule has 0 saturated heterocycles. The summed E-state index contributed by atoms with van der Waals surface area (Å²) in [5, 5.41) is 4.87. The number of aromatic nitrogens is 1. The van der Waals surface area contributed by atoms with Crippen molar-refractivity contribution in [1.82, 2.24) is 10.3 Å². The molecule has 1 aromatic heterocycles. The minimum Gasteiger partial charge on any atom is -0.346 e. The van der Waals surface area contributed by atoms with E-state index < -0.39 is 0 Å². The summed E-state index contributed by atoms with van der Waals surface area (Å²) >= 11 is 3.47. The molecule has 0 aliphatic heterocycles. The first-order chi connectivity index (χ1) is 9.13. The Morgan fingerprint density at radius 1 is 1.42 bits per heavy atom. The van der Waals surface area contributed by atoms with Crippen LogP contribution in [0.1, 0.15) is 28.9 Å². The van der Waals surface area contributed by atoms with Gasteiger partial charge in [0.05, 0.1) is 16.6 Å². The van der Waals surface area contributed by atoms with E-state index in [9.17, 15) is 4.79 Å². The maximum atomic E-state index is 12.5. The first-order valence-corrected chi connectivity index (χ1v) is 7.51. The summed E-state index contributed by atoms with van der Waals surface area (Å²) < 4.78 is 0. The zero-order valence-corrected chi connectivity index (χ0v) is 12.3. The van der Waals surface area contributed by atoms with Crippen LogP contribution in [0.3, 0.4) is 0 Å². The molecule has 98 valence electrons. The number of para-hydroxylation sites is 1. The lowest BCUT2D eigenvalue weighted by Crippen LogP contribution is -2.38.